The van der Waals surface area contributed by atoms with Crippen LogP contribution >= 0.6 is 11.6 Å². The predicted octanol–water partition coefficient (Wildman–Crippen LogP) is 5.45. The largest absolute Gasteiger partial charge is 0.321 e. The van der Waals surface area contributed by atoms with E-state index in [9.17, 15) is 23.7 Å². The number of nitrogens with zero attached hydrogens (tertiary/aromatic N) is 1. The minimum absolute atomic E-state index is 0.0123. The summed E-state index contributed by atoms with van der Waals surface area (Å²) in [4.78, 5) is 22.6. The van der Waals surface area contributed by atoms with Crippen LogP contribution in [0.2, 0.25) is 5.02 Å². The zero-order chi connectivity index (χ0) is 19.6. The fraction of sp³-hybridized carbons (Fsp3) is 0. The van der Waals surface area contributed by atoms with Gasteiger partial charge in [-0.1, -0.05) is 23.7 Å². The lowest BCUT2D eigenvalue weighted by Crippen LogP contribution is -2.12. The Bertz CT molecular complexity index is 1060. The first-order valence-electron chi connectivity index (χ1n) is 7.66. The number of carbonyl (C=O) groups is 1. The number of nitro groups is 1. The molecule has 0 spiro atoms. The molecule has 0 fully saturated rings. The number of non-ortho nitro benzene ring substituents is 1. The van der Waals surface area contributed by atoms with Crippen LogP contribution in [0.1, 0.15) is 10.4 Å². The second-order valence-corrected chi connectivity index (χ2v) is 5.99. The maximum absolute atomic E-state index is 14.0. The lowest BCUT2D eigenvalue weighted by molar-refractivity contribution is -0.384. The van der Waals surface area contributed by atoms with E-state index in [1.165, 1.54) is 30.3 Å². The summed E-state index contributed by atoms with van der Waals surface area (Å²) >= 11 is 5.96. The van der Waals surface area contributed by atoms with Crippen LogP contribution in [0, 0.1) is 21.7 Å². The van der Waals surface area contributed by atoms with E-state index >= 15 is 0 Å². The first-order chi connectivity index (χ1) is 12.8. The zero-order valence-corrected chi connectivity index (χ0v) is 14.3. The second kappa shape index (κ2) is 7.51. The molecule has 0 atom stereocenters. The molecule has 3 rings (SSSR count). The summed E-state index contributed by atoms with van der Waals surface area (Å²) in [5.74, 6) is -1.97. The Morgan fingerprint density at radius 3 is 2.48 bits per heavy atom. The fourth-order valence-corrected chi connectivity index (χ4v) is 2.69. The molecule has 3 aromatic carbocycles. The van der Waals surface area contributed by atoms with E-state index in [0.29, 0.717) is 5.56 Å². The number of halogens is 3. The fourth-order valence-electron chi connectivity index (χ4n) is 2.46. The number of anilines is 1. The molecule has 27 heavy (non-hydrogen) atoms. The quantitative estimate of drug-likeness (QED) is 0.477. The van der Waals surface area contributed by atoms with Crippen LogP contribution in [0.15, 0.2) is 60.7 Å². The van der Waals surface area contributed by atoms with E-state index in [4.69, 9.17) is 11.6 Å². The van der Waals surface area contributed by atoms with Gasteiger partial charge in [-0.25, -0.2) is 8.78 Å². The Morgan fingerprint density at radius 1 is 1.04 bits per heavy atom. The molecule has 0 aliphatic heterocycles. The summed E-state index contributed by atoms with van der Waals surface area (Å²) in [6, 6.07) is 12.9. The number of amides is 1. The molecule has 1 amide bonds. The Morgan fingerprint density at radius 2 is 1.81 bits per heavy atom. The summed E-state index contributed by atoms with van der Waals surface area (Å²) in [5.41, 5.74) is 0.762. The van der Waals surface area contributed by atoms with E-state index in [1.807, 2.05) is 0 Å². The molecule has 0 bridgehead atoms. The maximum atomic E-state index is 14.0. The molecule has 5 nitrogen and oxygen atoms in total. The molecule has 1 N–H and O–H groups in total. The van der Waals surface area contributed by atoms with Gasteiger partial charge >= 0.3 is 0 Å². The summed E-state index contributed by atoms with van der Waals surface area (Å²) in [5, 5.41) is 13.3. The number of rotatable bonds is 4. The van der Waals surface area contributed by atoms with Gasteiger partial charge in [0.2, 0.25) is 0 Å². The molecule has 0 heterocycles. The maximum Gasteiger partial charge on any atom is 0.271 e. The van der Waals surface area contributed by atoms with Crippen LogP contribution in [-0.2, 0) is 0 Å². The third-order valence-electron chi connectivity index (χ3n) is 3.78. The van der Waals surface area contributed by atoms with Gasteiger partial charge < -0.3 is 5.32 Å². The standard InChI is InChI=1S/C19H11ClF2N2O3/c20-16-10-14(24(26)27)5-7-18(16)23-19(25)12-3-1-2-11(8-12)15-6-4-13(21)9-17(15)22/h1-10H,(H,23,25). The minimum Gasteiger partial charge on any atom is -0.321 e. The Labute approximate surface area is 157 Å². The van der Waals surface area contributed by atoms with Crippen molar-refractivity contribution in [1.82, 2.24) is 0 Å². The molecule has 0 aromatic heterocycles. The van der Waals surface area contributed by atoms with Gasteiger partial charge in [-0.3, -0.25) is 14.9 Å². The Hall–Kier alpha value is -3.32. The highest BCUT2D eigenvalue weighted by Crippen LogP contribution is 2.28. The van der Waals surface area contributed by atoms with Gasteiger partial charge in [-0.15, -0.1) is 0 Å². The van der Waals surface area contributed by atoms with Crippen LogP contribution < -0.4 is 5.32 Å². The van der Waals surface area contributed by atoms with Gasteiger partial charge in [0.15, 0.2) is 0 Å². The molecular weight excluding hydrogens is 378 g/mol. The van der Waals surface area contributed by atoms with Crippen molar-refractivity contribution in [2.45, 2.75) is 0 Å². The van der Waals surface area contributed by atoms with Gasteiger partial charge in [-0.2, -0.15) is 0 Å². The van der Waals surface area contributed by atoms with Crippen LogP contribution in [0.3, 0.4) is 0 Å². The zero-order valence-electron chi connectivity index (χ0n) is 13.6. The van der Waals surface area contributed by atoms with Crippen molar-refractivity contribution < 1.29 is 18.5 Å². The SMILES string of the molecule is O=C(Nc1ccc([N+](=O)[O-])cc1Cl)c1cccc(-c2ccc(F)cc2F)c1. The Kier molecular flexibility index (Phi) is 5.14. The molecule has 8 heteroatoms. The van der Waals surface area contributed by atoms with E-state index < -0.39 is 22.5 Å². The molecule has 3 aromatic rings. The highest BCUT2D eigenvalue weighted by Gasteiger charge is 2.14. The van der Waals surface area contributed by atoms with Crippen molar-refractivity contribution in [1.29, 1.82) is 0 Å². The lowest BCUT2D eigenvalue weighted by Gasteiger charge is -2.09. The van der Waals surface area contributed by atoms with Crippen LogP contribution in [0.5, 0.6) is 0 Å². The van der Waals surface area contributed by atoms with Crippen molar-refractivity contribution in [2.24, 2.45) is 0 Å². The number of hydrogen-bond acceptors (Lipinski definition) is 3. The minimum atomic E-state index is -0.744. The first kappa shape index (κ1) is 18.5. The highest BCUT2D eigenvalue weighted by atomic mass is 35.5. The summed E-state index contributed by atoms with van der Waals surface area (Å²) in [6.45, 7) is 0. The number of benzene rings is 3. The third kappa shape index (κ3) is 4.09. The van der Waals surface area contributed by atoms with Gasteiger partial charge in [0, 0.05) is 29.3 Å². The van der Waals surface area contributed by atoms with Crippen molar-refractivity contribution >= 4 is 28.9 Å². The number of nitrogens with one attached hydrogen (secondary N) is 1. The van der Waals surface area contributed by atoms with Crippen LogP contribution in [0.25, 0.3) is 11.1 Å². The average molecular weight is 389 g/mol. The smallest absolute Gasteiger partial charge is 0.271 e. The Balaban J connectivity index is 1.87. The molecule has 0 aliphatic rings. The second-order valence-electron chi connectivity index (χ2n) is 5.58. The van der Waals surface area contributed by atoms with Crippen LogP contribution in [-0.4, -0.2) is 10.8 Å². The van der Waals surface area contributed by atoms with Crippen molar-refractivity contribution in [3.05, 3.63) is 93.0 Å². The van der Waals surface area contributed by atoms with E-state index in [2.05, 4.69) is 5.32 Å². The first-order valence-corrected chi connectivity index (χ1v) is 8.04. The predicted molar refractivity (Wildman–Crippen MR) is 97.9 cm³/mol. The van der Waals surface area contributed by atoms with E-state index in [1.54, 1.807) is 12.1 Å². The molecular formula is C19H11ClF2N2O3. The highest BCUT2D eigenvalue weighted by molar-refractivity contribution is 6.34. The summed E-state index contributed by atoms with van der Waals surface area (Å²) in [6.07, 6.45) is 0. The van der Waals surface area contributed by atoms with Gasteiger partial charge in [0.05, 0.1) is 15.6 Å². The number of nitro benzene ring substituents is 1. The van der Waals surface area contributed by atoms with Gasteiger partial charge in [0.25, 0.3) is 11.6 Å². The molecule has 0 aliphatic carbocycles. The number of hydrogen-bond donors (Lipinski definition) is 1. The van der Waals surface area contributed by atoms with E-state index in [0.717, 1.165) is 18.2 Å². The lowest BCUT2D eigenvalue weighted by atomic mass is 10.0. The van der Waals surface area contributed by atoms with Crippen LogP contribution in [0.4, 0.5) is 20.2 Å². The topological polar surface area (TPSA) is 72.2 Å². The van der Waals surface area contributed by atoms with Crippen molar-refractivity contribution in [2.75, 3.05) is 5.32 Å². The summed E-state index contributed by atoms with van der Waals surface area (Å²) < 4.78 is 27.0. The third-order valence-corrected chi connectivity index (χ3v) is 4.09. The average Bonchev–Trinajstić information content (AvgIpc) is 2.63. The number of carbonyl (C=O) groups excluding carboxylic acids is 1. The molecule has 0 unspecified atom stereocenters. The molecule has 0 saturated carbocycles. The molecule has 0 saturated heterocycles. The van der Waals surface area contributed by atoms with Crippen molar-refractivity contribution in [3.8, 4) is 11.1 Å². The summed E-state index contributed by atoms with van der Waals surface area (Å²) in [7, 11) is 0. The monoisotopic (exact) mass is 388 g/mol. The van der Waals surface area contributed by atoms with Gasteiger partial charge in [0.1, 0.15) is 11.6 Å². The van der Waals surface area contributed by atoms with Gasteiger partial charge in [-0.05, 0) is 35.9 Å². The van der Waals surface area contributed by atoms with Crippen molar-refractivity contribution in [3.63, 3.8) is 0 Å². The normalized spacial score (nSPS) is 10.5. The molecule has 0 radical (unpaired) electrons. The molecule has 136 valence electrons. The van der Waals surface area contributed by atoms with E-state index in [-0.39, 0.29) is 27.5 Å².